The highest BCUT2D eigenvalue weighted by molar-refractivity contribution is 7.91. The zero-order valence-corrected chi connectivity index (χ0v) is 17.8. The summed E-state index contributed by atoms with van der Waals surface area (Å²) in [5.74, 6) is 0. The Morgan fingerprint density at radius 1 is 1.10 bits per heavy atom. The van der Waals surface area contributed by atoms with E-state index in [-0.39, 0.29) is 32.3 Å². The van der Waals surface area contributed by atoms with Crippen LogP contribution in [0.15, 0.2) is 69.3 Å². The summed E-state index contributed by atoms with van der Waals surface area (Å²) in [5.41, 5.74) is 1.09. The third kappa shape index (κ3) is 2.95. The average molecular weight is 423 g/mol. The number of nitrogens with zero attached hydrogens (tertiary/aromatic N) is 3. The predicted octanol–water partition coefficient (Wildman–Crippen LogP) is 3.24. The third-order valence-corrected chi connectivity index (χ3v) is 7.20. The van der Waals surface area contributed by atoms with Crippen molar-refractivity contribution in [2.45, 2.75) is 43.0 Å². The Morgan fingerprint density at radius 3 is 2.47 bits per heavy atom. The molecule has 0 radical (unpaired) electrons. The Kier molecular flexibility index (Phi) is 4.82. The molecule has 3 aromatic heterocycles. The van der Waals surface area contributed by atoms with E-state index in [0.717, 1.165) is 5.56 Å². The number of rotatable bonds is 4. The second-order valence-electron chi connectivity index (χ2n) is 7.34. The van der Waals surface area contributed by atoms with E-state index in [1.54, 1.807) is 35.0 Å². The first-order valence-corrected chi connectivity index (χ1v) is 11.2. The van der Waals surface area contributed by atoms with Gasteiger partial charge in [-0.25, -0.2) is 13.4 Å². The lowest BCUT2D eigenvalue weighted by molar-refractivity contribution is 0.508. The smallest absolute Gasteiger partial charge is 0.267 e. The zero-order valence-electron chi connectivity index (χ0n) is 17.0. The number of aryl methyl sites for hydroxylation is 1. The highest BCUT2D eigenvalue weighted by Crippen LogP contribution is 2.23. The first-order valence-electron chi connectivity index (χ1n) is 9.69. The summed E-state index contributed by atoms with van der Waals surface area (Å²) in [7, 11) is -3.99. The Balaban J connectivity index is 2.21. The van der Waals surface area contributed by atoms with Crippen molar-refractivity contribution in [2.24, 2.45) is 0 Å². The van der Waals surface area contributed by atoms with Crippen LogP contribution in [0, 0.1) is 12.3 Å². The molecule has 0 saturated carbocycles. The Bertz CT molecular complexity index is 1500. The lowest BCUT2D eigenvalue weighted by atomic mass is 10.2. The topological polar surface area (TPSA) is 97.3 Å². The molecule has 8 heteroatoms. The second-order valence-corrected chi connectivity index (χ2v) is 9.26. The van der Waals surface area contributed by atoms with Crippen molar-refractivity contribution >= 4 is 26.5 Å². The lowest BCUT2D eigenvalue weighted by Crippen LogP contribution is -2.31. The van der Waals surface area contributed by atoms with Crippen molar-refractivity contribution in [3.63, 3.8) is 0 Å². The van der Waals surface area contributed by atoms with Crippen LogP contribution in [0.5, 0.6) is 0 Å². The summed E-state index contributed by atoms with van der Waals surface area (Å²) in [6.45, 7) is 5.69. The number of fused-ring (bicyclic) bond motifs is 2. The Labute approximate surface area is 173 Å². The van der Waals surface area contributed by atoms with Crippen LogP contribution in [0.4, 0.5) is 0 Å². The van der Waals surface area contributed by atoms with Gasteiger partial charge in [0.2, 0.25) is 9.84 Å². The molecule has 0 saturated heterocycles. The van der Waals surface area contributed by atoms with Crippen molar-refractivity contribution in [3.8, 4) is 0 Å². The largest absolute Gasteiger partial charge is 0.307 e. The maximum absolute atomic E-state index is 13.3. The third-order valence-electron chi connectivity index (χ3n) is 5.42. The molecular formula is C22H22N4O3S. The maximum Gasteiger partial charge on any atom is 0.267 e. The first-order chi connectivity index (χ1) is 14.3. The average Bonchev–Trinajstić information content (AvgIpc) is 2.74. The minimum Gasteiger partial charge on any atom is -0.307 e. The molecule has 1 aromatic carbocycles. The summed E-state index contributed by atoms with van der Waals surface area (Å²) in [6, 6.07) is 12.7. The molecule has 0 aliphatic carbocycles. The minimum atomic E-state index is -3.99. The summed E-state index contributed by atoms with van der Waals surface area (Å²) in [6.07, 6.45) is 2.26. The van der Waals surface area contributed by atoms with Crippen LogP contribution in [0.1, 0.15) is 31.9 Å². The molecule has 1 atom stereocenters. The number of benzene rings is 1. The van der Waals surface area contributed by atoms with Crippen molar-refractivity contribution in [1.82, 2.24) is 14.0 Å². The van der Waals surface area contributed by atoms with Crippen LogP contribution < -0.4 is 11.0 Å². The van der Waals surface area contributed by atoms with Gasteiger partial charge < -0.3 is 4.57 Å². The molecular weight excluding hydrogens is 400 g/mol. The van der Waals surface area contributed by atoms with Gasteiger partial charge >= 0.3 is 0 Å². The number of sulfone groups is 1. The normalized spacial score (nSPS) is 13.0. The fourth-order valence-corrected chi connectivity index (χ4v) is 4.97. The minimum absolute atomic E-state index is 0.0817. The van der Waals surface area contributed by atoms with Crippen LogP contribution in [-0.2, 0) is 9.84 Å². The first kappa shape index (κ1) is 20.0. The van der Waals surface area contributed by atoms with Gasteiger partial charge in [-0.1, -0.05) is 31.2 Å². The van der Waals surface area contributed by atoms with Crippen LogP contribution in [0.2, 0.25) is 0 Å². The number of nitrogens with one attached hydrogen (secondary N) is 1. The monoisotopic (exact) mass is 422 g/mol. The van der Waals surface area contributed by atoms with E-state index in [2.05, 4.69) is 4.98 Å². The summed E-state index contributed by atoms with van der Waals surface area (Å²) < 4.78 is 29.6. The number of hydrogen-bond acceptors (Lipinski definition) is 5. The predicted molar refractivity (Wildman–Crippen MR) is 114 cm³/mol. The summed E-state index contributed by atoms with van der Waals surface area (Å²) in [4.78, 5) is 17.8. The molecule has 30 heavy (non-hydrogen) atoms. The van der Waals surface area contributed by atoms with Gasteiger partial charge in [-0.15, -0.1) is 0 Å². The molecule has 1 N–H and O–H groups in total. The lowest BCUT2D eigenvalue weighted by Gasteiger charge is -2.19. The summed E-state index contributed by atoms with van der Waals surface area (Å²) in [5, 5.41) is 8.90. The maximum atomic E-state index is 13.3. The van der Waals surface area contributed by atoms with E-state index in [1.165, 1.54) is 22.6 Å². The van der Waals surface area contributed by atoms with Crippen molar-refractivity contribution in [3.05, 3.63) is 76.1 Å². The molecule has 0 bridgehead atoms. The Morgan fingerprint density at radius 2 is 1.80 bits per heavy atom. The van der Waals surface area contributed by atoms with E-state index in [4.69, 9.17) is 5.41 Å². The van der Waals surface area contributed by atoms with Gasteiger partial charge in [0.05, 0.1) is 10.3 Å². The van der Waals surface area contributed by atoms with E-state index < -0.39 is 9.84 Å². The Hall–Kier alpha value is -3.26. The number of pyridine rings is 2. The van der Waals surface area contributed by atoms with Crippen molar-refractivity contribution < 1.29 is 8.42 Å². The molecule has 0 fully saturated rings. The number of hydrogen-bond donors (Lipinski definition) is 1. The molecule has 4 rings (SSSR count). The fourth-order valence-electron chi connectivity index (χ4n) is 3.58. The molecule has 0 aliphatic rings. The number of aromatic nitrogens is 3. The molecule has 0 spiro atoms. The van der Waals surface area contributed by atoms with E-state index in [9.17, 15) is 13.2 Å². The molecule has 154 valence electrons. The van der Waals surface area contributed by atoms with E-state index in [0.29, 0.717) is 17.7 Å². The van der Waals surface area contributed by atoms with Crippen LogP contribution in [0.3, 0.4) is 0 Å². The zero-order chi connectivity index (χ0) is 21.6. The molecule has 7 nitrogen and oxygen atoms in total. The molecule has 0 aliphatic heterocycles. The van der Waals surface area contributed by atoms with Gasteiger partial charge in [-0.3, -0.25) is 14.6 Å². The van der Waals surface area contributed by atoms with Gasteiger partial charge in [0, 0.05) is 12.2 Å². The highest BCUT2D eigenvalue weighted by atomic mass is 32.2. The van der Waals surface area contributed by atoms with Gasteiger partial charge in [-0.05, 0) is 50.1 Å². The van der Waals surface area contributed by atoms with E-state index in [1.807, 2.05) is 26.8 Å². The van der Waals surface area contributed by atoms with Crippen LogP contribution in [-0.4, -0.2) is 22.4 Å². The van der Waals surface area contributed by atoms with Crippen LogP contribution in [0.25, 0.3) is 16.7 Å². The van der Waals surface area contributed by atoms with Gasteiger partial charge in [-0.2, -0.15) is 0 Å². The van der Waals surface area contributed by atoms with Gasteiger partial charge in [0.15, 0.2) is 0 Å². The molecule has 3 heterocycles. The fraction of sp³-hybridized carbons (Fsp3) is 0.227. The second kappa shape index (κ2) is 7.21. The van der Waals surface area contributed by atoms with Gasteiger partial charge in [0.1, 0.15) is 21.7 Å². The molecule has 0 amide bonds. The molecule has 0 unspecified atom stereocenters. The molecule has 4 aromatic rings. The highest BCUT2D eigenvalue weighted by Gasteiger charge is 2.25. The van der Waals surface area contributed by atoms with E-state index >= 15 is 0 Å². The summed E-state index contributed by atoms with van der Waals surface area (Å²) >= 11 is 0. The van der Waals surface area contributed by atoms with Crippen molar-refractivity contribution in [1.29, 1.82) is 5.41 Å². The SMILES string of the molecule is CC[C@@H](C)n1c(=N)c(S(=O)(=O)c2ccccc2)cc2c(=O)n3cccc(C)c3nc21. The standard InChI is InChI=1S/C22H22N4O3S/c1-4-15(3)26-19(23)18(30(28,29)16-10-6-5-7-11-16)13-17-21(26)24-20-14(2)9-8-12-25(20)22(17)27/h5-13,15,23H,4H2,1-3H3/t15-/m1/s1. The van der Waals surface area contributed by atoms with Crippen molar-refractivity contribution in [2.75, 3.05) is 0 Å². The van der Waals surface area contributed by atoms with Gasteiger partial charge in [0.25, 0.3) is 5.56 Å². The quantitative estimate of drug-likeness (QED) is 0.511. The van der Waals surface area contributed by atoms with Crippen LogP contribution >= 0.6 is 0 Å².